The number of aliphatic carboxylic acids is 1. The van der Waals surface area contributed by atoms with E-state index in [0.717, 1.165) is 17.8 Å². The Bertz CT molecular complexity index is 431. The Morgan fingerprint density at radius 3 is 2.72 bits per heavy atom. The summed E-state index contributed by atoms with van der Waals surface area (Å²) in [4.78, 5) is 27.3. The van der Waals surface area contributed by atoms with Gasteiger partial charge in [0.15, 0.2) is 0 Å². The molecule has 1 heterocycles. The zero-order valence-electron chi connectivity index (χ0n) is 10.8. The van der Waals surface area contributed by atoms with E-state index in [9.17, 15) is 9.59 Å². The van der Waals surface area contributed by atoms with Gasteiger partial charge in [0.1, 0.15) is 4.88 Å². The number of carbonyl (C=O) groups excluding carboxylic acids is 1. The third-order valence-electron chi connectivity index (χ3n) is 2.74. The van der Waals surface area contributed by atoms with Crippen molar-refractivity contribution in [1.29, 1.82) is 0 Å². The number of aromatic nitrogens is 1. The average Bonchev–Trinajstić information content (AvgIpc) is 2.77. The molecule has 0 aliphatic carbocycles. The normalized spacial score (nSPS) is 13.9. The summed E-state index contributed by atoms with van der Waals surface area (Å²) in [6, 6.07) is -0.410. The van der Waals surface area contributed by atoms with Crippen LogP contribution in [0.4, 0.5) is 0 Å². The quantitative estimate of drug-likeness (QED) is 0.828. The summed E-state index contributed by atoms with van der Waals surface area (Å²) in [6.45, 7) is 5.31. The summed E-state index contributed by atoms with van der Waals surface area (Å²) in [5.41, 5.74) is 0. The molecule has 6 heteroatoms. The lowest BCUT2D eigenvalue weighted by Gasteiger charge is -2.16. The molecule has 2 N–H and O–H groups in total. The Balaban J connectivity index is 2.61. The van der Waals surface area contributed by atoms with Crippen molar-refractivity contribution >= 4 is 23.2 Å². The van der Waals surface area contributed by atoms with E-state index >= 15 is 0 Å². The van der Waals surface area contributed by atoms with Gasteiger partial charge in [-0.2, -0.15) is 0 Å². The van der Waals surface area contributed by atoms with Crippen LogP contribution in [0.25, 0.3) is 0 Å². The second-order valence-corrected chi connectivity index (χ2v) is 5.37. The van der Waals surface area contributed by atoms with Gasteiger partial charge in [-0.15, -0.1) is 11.3 Å². The minimum Gasteiger partial charge on any atom is -0.481 e. The summed E-state index contributed by atoms with van der Waals surface area (Å²) in [7, 11) is 0. The maximum absolute atomic E-state index is 11.9. The summed E-state index contributed by atoms with van der Waals surface area (Å²) in [5.74, 6) is -1.79. The van der Waals surface area contributed by atoms with Crippen molar-refractivity contribution in [3.05, 3.63) is 16.1 Å². The number of thiazole rings is 1. The molecule has 1 aromatic rings. The van der Waals surface area contributed by atoms with Crippen LogP contribution in [0.1, 0.15) is 41.9 Å². The molecule has 0 aromatic carbocycles. The van der Waals surface area contributed by atoms with E-state index in [0.29, 0.717) is 4.88 Å². The minimum absolute atomic E-state index is 0.254. The van der Waals surface area contributed by atoms with Crippen molar-refractivity contribution in [3.8, 4) is 0 Å². The summed E-state index contributed by atoms with van der Waals surface area (Å²) in [6.07, 6.45) is 3.39. The number of carboxylic acid groups (broad SMARTS) is 1. The van der Waals surface area contributed by atoms with Gasteiger partial charge in [0.25, 0.3) is 5.91 Å². The molecule has 0 saturated heterocycles. The Kier molecular flexibility index (Phi) is 5.27. The SMILES string of the molecule is CCCc1ncc(C(=O)NC(C)C(C)C(=O)O)s1. The van der Waals surface area contributed by atoms with Crippen LogP contribution in [0.2, 0.25) is 0 Å². The van der Waals surface area contributed by atoms with Crippen molar-refractivity contribution in [1.82, 2.24) is 10.3 Å². The highest BCUT2D eigenvalue weighted by atomic mass is 32.1. The van der Waals surface area contributed by atoms with Crippen LogP contribution in [0.3, 0.4) is 0 Å². The van der Waals surface area contributed by atoms with Gasteiger partial charge in [0, 0.05) is 6.04 Å². The molecule has 0 bridgehead atoms. The molecule has 1 amide bonds. The topological polar surface area (TPSA) is 79.3 Å². The number of rotatable bonds is 6. The Morgan fingerprint density at radius 2 is 2.17 bits per heavy atom. The van der Waals surface area contributed by atoms with E-state index in [1.807, 2.05) is 0 Å². The van der Waals surface area contributed by atoms with Gasteiger partial charge in [-0.05, 0) is 26.7 Å². The molecule has 18 heavy (non-hydrogen) atoms. The average molecular weight is 270 g/mol. The number of carboxylic acids is 1. The zero-order valence-corrected chi connectivity index (χ0v) is 11.6. The number of hydrogen-bond donors (Lipinski definition) is 2. The molecule has 0 aliphatic rings. The first kappa shape index (κ1) is 14.6. The first-order valence-corrected chi connectivity index (χ1v) is 6.75. The van der Waals surface area contributed by atoms with E-state index in [1.54, 1.807) is 20.0 Å². The number of nitrogens with zero attached hydrogens (tertiary/aromatic N) is 1. The molecular formula is C12H18N2O3S. The van der Waals surface area contributed by atoms with E-state index in [1.165, 1.54) is 11.3 Å². The molecule has 0 aliphatic heterocycles. The van der Waals surface area contributed by atoms with E-state index < -0.39 is 17.9 Å². The number of carbonyl (C=O) groups is 2. The standard InChI is InChI=1S/C12H18N2O3S/c1-4-5-10-13-6-9(18-10)11(15)14-8(3)7(2)12(16)17/h6-8H,4-5H2,1-3H3,(H,14,15)(H,16,17). The third kappa shape index (κ3) is 3.80. The highest BCUT2D eigenvalue weighted by Gasteiger charge is 2.22. The summed E-state index contributed by atoms with van der Waals surface area (Å²) < 4.78 is 0. The van der Waals surface area contributed by atoms with Crippen LogP contribution in [0.5, 0.6) is 0 Å². The first-order valence-electron chi connectivity index (χ1n) is 5.94. The van der Waals surface area contributed by atoms with Gasteiger partial charge in [-0.3, -0.25) is 9.59 Å². The summed E-state index contributed by atoms with van der Waals surface area (Å²) in [5, 5.41) is 12.5. The van der Waals surface area contributed by atoms with E-state index in [2.05, 4.69) is 17.2 Å². The fraction of sp³-hybridized carbons (Fsp3) is 0.583. The number of amides is 1. The maximum atomic E-state index is 11.9. The number of nitrogens with one attached hydrogen (secondary N) is 1. The molecule has 100 valence electrons. The molecule has 2 atom stereocenters. The minimum atomic E-state index is -0.918. The molecule has 2 unspecified atom stereocenters. The van der Waals surface area contributed by atoms with Gasteiger partial charge in [-0.1, -0.05) is 6.92 Å². The number of aryl methyl sites for hydroxylation is 1. The monoisotopic (exact) mass is 270 g/mol. The van der Waals surface area contributed by atoms with Crippen LogP contribution >= 0.6 is 11.3 Å². The Morgan fingerprint density at radius 1 is 1.50 bits per heavy atom. The molecule has 1 rings (SSSR count). The van der Waals surface area contributed by atoms with Gasteiger partial charge in [0.05, 0.1) is 17.1 Å². The second kappa shape index (κ2) is 6.49. The van der Waals surface area contributed by atoms with Crippen LogP contribution < -0.4 is 5.32 Å². The van der Waals surface area contributed by atoms with E-state index in [-0.39, 0.29) is 5.91 Å². The molecule has 0 saturated carbocycles. The van der Waals surface area contributed by atoms with Crippen LogP contribution in [0.15, 0.2) is 6.20 Å². The Hall–Kier alpha value is -1.43. The molecule has 0 spiro atoms. The van der Waals surface area contributed by atoms with Crippen molar-refractivity contribution < 1.29 is 14.7 Å². The lowest BCUT2D eigenvalue weighted by Crippen LogP contribution is -2.39. The molecular weight excluding hydrogens is 252 g/mol. The van der Waals surface area contributed by atoms with Crippen LogP contribution in [0, 0.1) is 5.92 Å². The lowest BCUT2D eigenvalue weighted by molar-refractivity contribution is -0.141. The first-order chi connectivity index (χ1) is 8.45. The van der Waals surface area contributed by atoms with Crippen molar-refractivity contribution in [2.24, 2.45) is 5.92 Å². The molecule has 5 nitrogen and oxygen atoms in total. The highest BCUT2D eigenvalue weighted by molar-refractivity contribution is 7.13. The lowest BCUT2D eigenvalue weighted by atomic mass is 10.0. The van der Waals surface area contributed by atoms with Gasteiger partial charge >= 0.3 is 5.97 Å². The van der Waals surface area contributed by atoms with Gasteiger partial charge < -0.3 is 10.4 Å². The summed E-state index contributed by atoms with van der Waals surface area (Å²) >= 11 is 1.36. The van der Waals surface area contributed by atoms with Crippen molar-refractivity contribution in [2.75, 3.05) is 0 Å². The third-order valence-corrected chi connectivity index (χ3v) is 3.80. The second-order valence-electron chi connectivity index (χ2n) is 4.26. The highest BCUT2D eigenvalue weighted by Crippen LogP contribution is 2.15. The maximum Gasteiger partial charge on any atom is 0.308 e. The predicted octanol–water partition coefficient (Wildman–Crippen LogP) is 1.93. The largest absolute Gasteiger partial charge is 0.481 e. The van der Waals surface area contributed by atoms with Crippen LogP contribution in [-0.4, -0.2) is 28.0 Å². The van der Waals surface area contributed by atoms with Gasteiger partial charge in [-0.25, -0.2) is 4.98 Å². The van der Waals surface area contributed by atoms with Crippen molar-refractivity contribution in [2.45, 2.75) is 39.7 Å². The van der Waals surface area contributed by atoms with E-state index in [4.69, 9.17) is 5.11 Å². The molecule has 0 fully saturated rings. The fourth-order valence-corrected chi connectivity index (χ4v) is 2.28. The van der Waals surface area contributed by atoms with Gasteiger partial charge in [0.2, 0.25) is 0 Å². The Labute approximate surface area is 110 Å². The fourth-order valence-electron chi connectivity index (χ4n) is 1.36. The zero-order chi connectivity index (χ0) is 13.7. The number of hydrogen-bond acceptors (Lipinski definition) is 4. The van der Waals surface area contributed by atoms with Crippen molar-refractivity contribution in [3.63, 3.8) is 0 Å². The molecule has 1 aromatic heterocycles. The van der Waals surface area contributed by atoms with Crippen LogP contribution in [-0.2, 0) is 11.2 Å². The predicted molar refractivity (Wildman–Crippen MR) is 69.8 cm³/mol. The smallest absolute Gasteiger partial charge is 0.308 e. The molecule has 0 radical (unpaired) electrons.